The summed E-state index contributed by atoms with van der Waals surface area (Å²) >= 11 is 3.43. The van der Waals surface area contributed by atoms with Gasteiger partial charge in [0.05, 0.1) is 11.4 Å². The van der Waals surface area contributed by atoms with Gasteiger partial charge in [-0.15, -0.1) is 0 Å². The predicted octanol–water partition coefficient (Wildman–Crippen LogP) is 3.29. The molecule has 2 aromatic rings. The molecule has 0 N–H and O–H groups in total. The highest BCUT2D eigenvalue weighted by Crippen LogP contribution is 2.16. The average Bonchev–Trinajstić information content (AvgIpc) is 2.39. The normalized spacial score (nSPS) is 10.1. The molecule has 0 aromatic carbocycles. The quantitative estimate of drug-likeness (QED) is 0.517. The Balaban J connectivity index is 2.31. The Morgan fingerprint density at radius 2 is 1.17 bits per heavy atom. The summed E-state index contributed by atoms with van der Waals surface area (Å²) in [5, 5.41) is 0. The number of nitrogens with zero attached hydrogens (tertiary/aromatic N) is 2. The topological polar surface area (TPSA) is 59.9 Å². The van der Waals surface area contributed by atoms with Crippen LogP contribution in [0.3, 0.4) is 0 Å². The third-order valence-electron chi connectivity index (χ3n) is 2.24. The summed E-state index contributed by atoms with van der Waals surface area (Å²) in [4.78, 5) is 30.6. The molecule has 0 amide bonds. The van der Waals surface area contributed by atoms with Crippen molar-refractivity contribution >= 4 is 52.8 Å². The molecule has 2 rings (SSSR count). The molecular formula is C12H6I2N2O2. The molecule has 90 valence electrons. The first-order valence-corrected chi connectivity index (χ1v) is 7.06. The fraction of sp³-hybridized carbons (Fsp3) is 0. The van der Waals surface area contributed by atoms with E-state index in [-0.39, 0.29) is 7.58 Å². The molecule has 0 radical (unpaired) electrons. The van der Waals surface area contributed by atoms with Gasteiger partial charge in [0.25, 0.3) is 0 Å². The molecule has 4 nitrogen and oxygen atoms in total. The fourth-order valence-corrected chi connectivity index (χ4v) is 1.96. The van der Waals surface area contributed by atoms with Crippen molar-refractivity contribution in [2.45, 2.75) is 0 Å². The highest BCUT2D eigenvalue weighted by Gasteiger charge is 2.06. The first-order chi connectivity index (χ1) is 8.58. The van der Waals surface area contributed by atoms with Crippen LogP contribution in [0.2, 0.25) is 0 Å². The minimum Gasteiger partial charge on any atom is -0.282 e. The van der Waals surface area contributed by atoms with Gasteiger partial charge in [0.15, 0.2) is 0 Å². The molecule has 6 heteroatoms. The van der Waals surface area contributed by atoms with Gasteiger partial charge in [-0.25, -0.2) is 0 Å². The molecule has 0 bridgehead atoms. The third-order valence-corrected chi connectivity index (χ3v) is 3.49. The highest BCUT2D eigenvalue weighted by atomic mass is 127. The van der Waals surface area contributed by atoms with Crippen LogP contribution in [0.4, 0.5) is 0 Å². The van der Waals surface area contributed by atoms with Gasteiger partial charge in [-0.3, -0.25) is 19.6 Å². The molecule has 0 aliphatic rings. The molecule has 2 heterocycles. The van der Waals surface area contributed by atoms with Crippen LogP contribution in [-0.2, 0) is 0 Å². The zero-order valence-electron chi connectivity index (χ0n) is 8.93. The van der Waals surface area contributed by atoms with Gasteiger partial charge in [-0.2, -0.15) is 0 Å². The van der Waals surface area contributed by atoms with Crippen LogP contribution in [0.15, 0.2) is 36.7 Å². The zero-order valence-corrected chi connectivity index (χ0v) is 13.2. The molecule has 0 saturated heterocycles. The average molecular weight is 464 g/mol. The van der Waals surface area contributed by atoms with Crippen LogP contribution < -0.4 is 0 Å². The number of carbonyl (C=O) groups excluding carboxylic acids is 2. The number of aromatic nitrogens is 2. The largest absolute Gasteiger partial charge is 0.282 e. The fourth-order valence-electron chi connectivity index (χ4n) is 1.32. The number of hydrogen-bond donors (Lipinski definition) is 0. The molecule has 0 saturated carbocycles. The van der Waals surface area contributed by atoms with Gasteiger partial charge in [-0.05, 0) is 24.3 Å². The summed E-state index contributed by atoms with van der Waals surface area (Å²) in [5.41, 5.74) is 2.45. The van der Waals surface area contributed by atoms with E-state index >= 15 is 0 Å². The Labute approximate surface area is 131 Å². The molecule has 2 aromatic heterocycles. The van der Waals surface area contributed by atoms with E-state index < -0.39 is 0 Å². The van der Waals surface area contributed by atoms with E-state index in [4.69, 9.17) is 0 Å². The van der Waals surface area contributed by atoms with Crippen molar-refractivity contribution in [3.63, 3.8) is 0 Å². The van der Waals surface area contributed by atoms with E-state index in [9.17, 15) is 9.59 Å². The number of hydrogen-bond acceptors (Lipinski definition) is 4. The van der Waals surface area contributed by atoms with Crippen molar-refractivity contribution in [1.82, 2.24) is 9.97 Å². The highest BCUT2D eigenvalue weighted by molar-refractivity contribution is 14.1. The lowest BCUT2D eigenvalue weighted by Crippen LogP contribution is -1.94. The second kappa shape index (κ2) is 5.83. The zero-order chi connectivity index (χ0) is 13.1. The van der Waals surface area contributed by atoms with Crippen molar-refractivity contribution in [2.75, 3.05) is 0 Å². The Morgan fingerprint density at radius 1 is 0.778 bits per heavy atom. The molecule has 0 atom stereocenters. The minimum absolute atomic E-state index is 0.0505. The lowest BCUT2D eigenvalue weighted by Gasteiger charge is -2.01. The molecule has 0 unspecified atom stereocenters. The molecule has 0 spiro atoms. The Hall–Kier alpha value is -0.900. The van der Waals surface area contributed by atoms with Gasteiger partial charge >= 0.3 is 0 Å². The van der Waals surface area contributed by atoms with Crippen LogP contribution in [0.1, 0.15) is 20.7 Å². The van der Waals surface area contributed by atoms with Gasteiger partial charge in [0, 0.05) is 68.7 Å². The first kappa shape index (κ1) is 13.5. The van der Waals surface area contributed by atoms with Gasteiger partial charge < -0.3 is 0 Å². The number of pyridine rings is 2. The molecule has 0 fully saturated rings. The lowest BCUT2D eigenvalue weighted by atomic mass is 10.2. The second-order valence-electron chi connectivity index (χ2n) is 3.41. The van der Waals surface area contributed by atoms with Gasteiger partial charge in [0.1, 0.15) is 0 Å². The van der Waals surface area contributed by atoms with Crippen LogP contribution >= 0.6 is 45.2 Å². The molecule has 0 aliphatic carbocycles. The summed E-state index contributed by atoms with van der Waals surface area (Å²) in [6, 6.07) is 6.88. The SMILES string of the molecule is O=C(I)c1ccc(-c2ccc(C(=O)I)cn2)nc1. The Morgan fingerprint density at radius 3 is 1.39 bits per heavy atom. The van der Waals surface area contributed by atoms with Crippen LogP contribution in [0, 0.1) is 0 Å². The minimum atomic E-state index is -0.0505. The Kier molecular flexibility index (Phi) is 4.38. The van der Waals surface area contributed by atoms with E-state index in [0.717, 1.165) is 0 Å². The summed E-state index contributed by atoms with van der Waals surface area (Å²) in [5.74, 6) is 0. The van der Waals surface area contributed by atoms with Crippen molar-refractivity contribution in [3.8, 4) is 11.4 Å². The van der Waals surface area contributed by atoms with Crippen LogP contribution in [-0.4, -0.2) is 17.5 Å². The first-order valence-electron chi connectivity index (χ1n) is 4.90. The molecule has 0 aliphatic heterocycles. The van der Waals surface area contributed by atoms with E-state index in [1.807, 2.05) is 0 Å². The summed E-state index contributed by atoms with van der Waals surface area (Å²) in [6.45, 7) is 0. The monoisotopic (exact) mass is 464 g/mol. The smallest absolute Gasteiger partial charge is 0.223 e. The number of halogens is 2. The number of carbonyl (C=O) groups is 2. The second-order valence-corrected chi connectivity index (χ2v) is 5.37. The van der Waals surface area contributed by atoms with Crippen molar-refractivity contribution in [1.29, 1.82) is 0 Å². The van der Waals surface area contributed by atoms with E-state index in [2.05, 4.69) is 9.97 Å². The van der Waals surface area contributed by atoms with E-state index in [1.165, 1.54) is 12.4 Å². The van der Waals surface area contributed by atoms with E-state index in [0.29, 0.717) is 22.5 Å². The molecular weight excluding hydrogens is 458 g/mol. The van der Waals surface area contributed by atoms with E-state index in [1.54, 1.807) is 69.4 Å². The Bertz CT molecular complexity index is 539. The predicted molar refractivity (Wildman–Crippen MR) is 84.2 cm³/mol. The lowest BCUT2D eigenvalue weighted by molar-refractivity contribution is 0.109. The van der Waals surface area contributed by atoms with Crippen LogP contribution in [0.25, 0.3) is 11.4 Å². The number of rotatable bonds is 3. The molecule has 18 heavy (non-hydrogen) atoms. The van der Waals surface area contributed by atoms with Gasteiger partial charge in [0.2, 0.25) is 7.58 Å². The van der Waals surface area contributed by atoms with Crippen LogP contribution in [0.5, 0.6) is 0 Å². The van der Waals surface area contributed by atoms with Crippen molar-refractivity contribution < 1.29 is 9.59 Å². The summed E-state index contributed by atoms with van der Waals surface area (Å²) < 4.78 is -0.101. The standard InChI is InChI=1S/C12H6I2N2O2/c13-11(17)7-1-3-9(15-5-7)10-4-2-8(6-16-10)12(14)18/h1-6H. The maximum absolute atomic E-state index is 11.1. The van der Waals surface area contributed by atoms with Gasteiger partial charge in [-0.1, -0.05) is 0 Å². The summed E-state index contributed by atoms with van der Waals surface area (Å²) in [7, 11) is 0. The summed E-state index contributed by atoms with van der Waals surface area (Å²) in [6.07, 6.45) is 3.03. The van der Waals surface area contributed by atoms with Crippen molar-refractivity contribution in [2.24, 2.45) is 0 Å². The third kappa shape index (κ3) is 3.10. The van der Waals surface area contributed by atoms with Crippen molar-refractivity contribution in [3.05, 3.63) is 47.8 Å². The maximum atomic E-state index is 11.1. The maximum Gasteiger partial charge on any atom is 0.223 e.